The predicted octanol–water partition coefficient (Wildman–Crippen LogP) is 2.98. The molecule has 4 aromatic rings. The van der Waals surface area contributed by atoms with Crippen molar-refractivity contribution in [3.8, 4) is 17.0 Å². The Bertz CT molecular complexity index is 1410. The zero-order chi connectivity index (χ0) is 24.4. The van der Waals surface area contributed by atoms with Crippen molar-refractivity contribution < 1.29 is 18.3 Å². The third kappa shape index (κ3) is 4.19. The lowest BCUT2D eigenvalue weighted by molar-refractivity contribution is 0.0947. The second kappa shape index (κ2) is 9.30. The molecule has 0 saturated heterocycles. The minimum atomic E-state index is -0.716. The van der Waals surface area contributed by atoms with Crippen LogP contribution in [0.3, 0.4) is 0 Å². The lowest BCUT2D eigenvalue weighted by Gasteiger charge is -2.10. The maximum atomic E-state index is 13.6. The molecule has 0 aliphatic carbocycles. The Hall–Kier alpha value is -4.28. The van der Waals surface area contributed by atoms with Crippen molar-refractivity contribution in [3.63, 3.8) is 0 Å². The summed E-state index contributed by atoms with van der Waals surface area (Å²) in [5.74, 6) is -0.692. The number of benzene rings is 2. The van der Waals surface area contributed by atoms with Gasteiger partial charge in [-0.25, -0.2) is 13.9 Å². The number of nitrogen functional groups attached to an aromatic ring is 1. The van der Waals surface area contributed by atoms with E-state index in [1.165, 1.54) is 23.9 Å². The fourth-order valence-electron chi connectivity index (χ4n) is 3.62. The number of hydrogen-bond donors (Lipinski definition) is 3. The zero-order valence-electron chi connectivity index (χ0n) is 18.4. The first-order chi connectivity index (χ1) is 16.3. The molecule has 1 unspecified atom stereocenters. The van der Waals surface area contributed by atoms with Crippen molar-refractivity contribution in [2.24, 2.45) is 0 Å². The largest absolute Gasteiger partial charge is 0.496 e. The Morgan fingerprint density at radius 1 is 1.26 bits per heavy atom. The van der Waals surface area contributed by atoms with E-state index in [0.717, 1.165) is 11.6 Å². The second-order valence-electron chi connectivity index (χ2n) is 7.68. The van der Waals surface area contributed by atoms with Gasteiger partial charge in [-0.05, 0) is 30.7 Å². The molecule has 11 heteroatoms. The number of fused-ring (bicyclic) bond motifs is 1. The molecule has 1 amide bonds. The highest BCUT2D eigenvalue weighted by molar-refractivity contribution is 5.99. The molecule has 4 rings (SSSR count). The van der Waals surface area contributed by atoms with Crippen LogP contribution in [0, 0.1) is 5.82 Å². The van der Waals surface area contributed by atoms with E-state index in [4.69, 9.17) is 10.5 Å². The first kappa shape index (κ1) is 22.9. The molecule has 0 spiro atoms. The van der Waals surface area contributed by atoms with Gasteiger partial charge < -0.3 is 15.8 Å². The van der Waals surface area contributed by atoms with Crippen LogP contribution in [-0.4, -0.2) is 39.7 Å². The van der Waals surface area contributed by atoms with Crippen LogP contribution >= 0.6 is 0 Å². The maximum Gasteiger partial charge on any atom is 0.290 e. The summed E-state index contributed by atoms with van der Waals surface area (Å²) in [6.45, 7) is 1.06. The topological polar surface area (TPSA) is 128 Å². The number of halogens is 2. The highest BCUT2D eigenvalue weighted by Gasteiger charge is 2.21. The summed E-state index contributed by atoms with van der Waals surface area (Å²) in [4.78, 5) is 24.9. The third-order valence-corrected chi connectivity index (χ3v) is 5.39. The predicted molar refractivity (Wildman–Crippen MR) is 123 cm³/mol. The Morgan fingerprint density at radius 2 is 2.00 bits per heavy atom. The quantitative estimate of drug-likeness (QED) is 0.383. The highest BCUT2D eigenvalue weighted by atomic mass is 19.1. The van der Waals surface area contributed by atoms with Gasteiger partial charge in [-0.15, -0.1) is 0 Å². The van der Waals surface area contributed by atoms with Gasteiger partial charge in [0.25, 0.3) is 11.5 Å². The van der Waals surface area contributed by atoms with Crippen molar-refractivity contribution in [1.29, 1.82) is 0 Å². The molecule has 0 fully saturated rings. The van der Waals surface area contributed by atoms with Gasteiger partial charge >= 0.3 is 0 Å². The summed E-state index contributed by atoms with van der Waals surface area (Å²) >= 11 is 0. The highest BCUT2D eigenvalue weighted by Crippen LogP contribution is 2.31. The Morgan fingerprint density at radius 3 is 2.68 bits per heavy atom. The van der Waals surface area contributed by atoms with E-state index in [9.17, 15) is 18.4 Å². The van der Waals surface area contributed by atoms with Crippen LogP contribution < -0.4 is 21.3 Å². The number of methoxy groups -OCH3 is 1. The average molecular weight is 468 g/mol. The van der Waals surface area contributed by atoms with Crippen molar-refractivity contribution >= 4 is 22.6 Å². The van der Waals surface area contributed by atoms with E-state index in [1.807, 2.05) is 0 Å². The van der Waals surface area contributed by atoms with Gasteiger partial charge in [-0.2, -0.15) is 10.2 Å². The number of aromatic nitrogens is 4. The number of amides is 1. The Labute approximate surface area is 192 Å². The summed E-state index contributed by atoms with van der Waals surface area (Å²) in [6, 6.07) is 10.1. The van der Waals surface area contributed by atoms with Crippen molar-refractivity contribution in [2.45, 2.75) is 19.5 Å². The molecule has 0 aliphatic heterocycles. The molecule has 4 N–H and O–H groups in total. The van der Waals surface area contributed by atoms with Crippen molar-refractivity contribution in [3.05, 3.63) is 69.8 Å². The smallest absolute Gasteiger partial charge is 0.290 e. The number of nitrogens with zero attached hydrogens (tertiary/aromatic N) is 3. The van der Waals surface area contributed by atoms with Crippen molar-refractivity contribution in [1.82, 2.24) is 25.3 Å². The number of anilines is 1. The van der Waals surface area contributed by atoms with Crippen LogP contribution in [0.4, 0.5) is 14.6 Å². The average Bonchev–Trinajstić information content (AvgIpc) is 3.26. The molecule has 2 aromatic heterocycles. The van der Waals surface area contributed by atoms with Gasteiger partial charge in [0.1, 0.15) is 29.5 Å². The maximum absolute atomic E-state index is 13.6. The third-order valence-electron chi connectivity index (χ3n) is 5.39. The van der Waals surface area contributed by atoms with Gasteiger partial charge in [0.2, 0.25) is 0 Å². The Kier molecular flexibility index (Phi) is 6.26. The van der Waals surface area contributed by atoms with Gasteiger partial charge in [0, 0.05) is 12.1 Å². The summed E-state index contributed by atoms with van der Waals surface area (Å²) < 4.78 is 33.3. The van der Waals surface area contributed by atoms with E-state index in [0.29, 0.717) is 16.6 Å². The van der Waals surface area contributed by atoms with Crippen LogP contribution in [-0.2, 0) is 6.54 Å². The van der Waals surface area contributed by atoms with Crippen LogP contribution in [0.2, 0.25) is 0 Å². The van der Waals surface area contributed by atoms with Gasteiger partial charge in [-0.1, -0.05) is 24.3 Å². The van der Waals surface area contributed by atoms with Crippen LogP contribution in [0.25, 0.3) is 22.2 Å². The molecular formula is C23H22F2N6O3. The monoisotopic (exact) mass is 468 g/mol. The number of ether oxygens (including phenoxy) is 1. The number of carbonyl (C=O) groups excluding carboxylic acids is 1. The number of rotatable bonds is 7. The molecule has 2 heterocycles. The lowest BCUT2D eigenvalue weighted by Crippen LogP contribution is -2.23. The number of H-pyrrole nitrogens is 1. The van der Waals surface area contributed by atoms with E-state index in [-0.39, 0.29) is 29.2 Å². The SMILES string of the molecule is COc1ccc(F)cc1C(=O)NCc1ccc(-c2nn(C(C)CF)c3c(=O)[nH]nc(N)c23)cc1. The van der Waals surface area contributed by atoms with E-state index < -0.39 is 30.0 Å². The lowest BCUT2D eigenvalue weighted by atomic mass is 10.1. The molecule has 1 atom stereocenters. The van der Waals surface area contributed by atoms with Crippen LogP contribution in [0.1, 0.15) is 28.9 Å². The summed E-state index contributed by atoms with van der Waals surface area (Å²) in [5, 5.41) is 13.6. The number of carbonyl (C=O) groups is 1. The molecule has 0 aliphatic rings. The van der Waals surface area contributed by atoms with E-state index in [2.05, 4.69) is 20.6 Å². The fraction of sp³-hybridized carbons (Fsp3) is 0.217. The first-order valence-electron chi connectivity index (χ1n) is 10.4. The summed E-state index contributed by atoms with van der Waals surface area (Å²) in [6.07, 6.45) is 0. The van der Waals surface area contributed by atoms with Crippen LogP contribution in [0.5, 0.6) is 5.75 Å². The zero-order valence-corrected chi connectivity index (χ0v) is 18.4. The molecule has 2 aromatic carbocycles. The normalized spacial score (nSPS) is 12.0. The first-order valence-corrected chi connectivity index (χ1v) is 10.4. The summed E-state index contributed by atoms with van der Waals surface area (Å²) in [5.41, 5.74) is 7.51. The molecule has 0 bridgehead atoms. The van der Waals surface area contributed by atoms with Gasteiger partial charge in [0.15, 0.2) is 5.82 Å². The number of aromatic amines is 1. The van der Waals surface area contributed by atoms with Crippen molar-refractivity contribution in [2.75, 3.05) is 19.5 Å². The number of alkyl halides is 1. The second-order valence-corrected chi connectivity index (χ2v) is 7.68. The number of nitrogens with one attached hydrogen (secondary N) is 2. The minimum absolute atomic E-state index is 0.0716. The van der Waals surface area contributed by atoms with E-state index in [1.54, 1.807) is 31.2 Å². The molecular weight excluding hydrogens is 446 g/mol. The Balaban J connectivity index is 1.60. The summed E-state index contributed by atoms with van der Waals surface area (Å²) in [7, 11) is 1.40. The standard InChI is InChI=1S/C23H22F2N6O3/c1-12(10-24)31-20-18(21(26)28-29-23(20)33)19(30-31)14-5-3-13(4-6-14)11-27-22(32)16-9-15(25)7-8-17(16)34-2/h3-9,12H,10-11H2,1-2H3,(H2,26,28)(H,27,32)(H,29,33). The molecule has 0 saturated carbocycles. The molecule has 9 nitrogen and oxygen atoms in total. The fourth-order valence-corrected chi connectivity index (χ4v) is 3.62. The minimum Gasteiger partial charge on any atom is -0.496 e. The van der Waals surface area contributed by atoms with E-state index >= 15 is 0 Å². The molecule has 34 heavy (non-hydrogen) atoms. The van der Waals surface area contributed by atoms with Gasteiger partial charge in [-0.3, -0.25) is 14.3 Å². The van der Waals surface area contributed by atoms with Crippen LogP contribution in [0.15, 0.2) is 47.3 Å². The van der Waals surface area contributed by atoms with Gasteiger partial charge in [0.05, 0.1) is 24.1 Å². The number of hydrogen-bond acceptors (Lipinski definition) is 6. The number of nitrogens with two attached hydrogens (primary N) is 1. The molecule has 0 radical (unpaired) electrons. The molecule has 176 valence electrons.